The molecule has 1 aromatic rings. The fourth-order valence-electron chi connectivity index (χ4n) is 2.06. The molecule has 0 aliphatic rings. The van der Waals surface area contributed by atoms with Gasteiger partial charge in [0.2, 0.25) is 5.91 Å². The van der Waals surface area contributed by atoms with Gasteiger partial charge in [0.25, 0.3) is 0 Å². The van der Waals surface area contributed by atoms with E-state index in [0.717, 1.165) is 30.0 Å². The molecule has 0 spiro atoms. The van der Waals surface area contributed by atoms with Crippen molar-refractivity contribution in [1.82, 2.24) is 0 Å². The van der Waals surface area contributed by atoms with E-state index in [-0.39, 0.29) is 5.69 Å². The van der Waals surface area contributed by atoms with Crippen LogP contribution in [0.1, 0.15) is 26.3 Å². The molecule has 0 radical (unpaired) electrons. The molecule has 4 nitrogen and oxygen atoms in total. The number of amides is 1. The SMILES string of the molecule is CC(=O)N(c1cccc(C(F)(F)F)c1)[C@H](C(=O)O)C(C)C. The van der Waals surface area contributed by atoms with Crippen molar-refractivity contribution in [2.75, 3.05) is 4.90 Å². The molecule has 0 aliphatic heterocycles. The Labute approximate surface area is 120 Å². The fraction of sp³-hybridized carbons (Fsp3) is 0.429. The second-order valence-corrected chi connectivity index (χ2v) is 4.96. The van der Waals surface area contributed by atoms with Crippen molar-refractivity contribution in [2.24, 2.45) is 5.92 Å². The highest BCUT2D eigenvalue weighted by Crippen LogP contribution is 2.32. The highest BCUT2D eigenvalue weighted by Gasteiger charge is 2.35. The number of rotatable bonds is 4. The number of benzene rings is 1. The van der Waals surface area contributed by atoms with Crippen molar-refractivity contribution in [1.29, 1.82) is 0 Å². The molecule has 1 atom stereocenters. The van der Waals surface area contributed by atoms with Crippen LogP contribution in [0.5, 0.6) is 0 Å². The lowest BCUT2D eigenvalue weighted by molar-refractivity contribution is -0.141. The van der Waals surface area contributed by atoms with Crippen LogP contribution in [-0.4, -0.2) is 23.0 Å². The first-order valence-corrected chi connectivity index (χ1v) is 6.25. The zero-order valence-corrected chi connectivity index (χ0v) is 11.8. The normalized spacial score (nSPS) is 13.1. The molecule has 0 aromatic heterocycles. The molecule has 1 aromatic carbocycles. The zero-order valence-electron chi connectivity index (χ0n) is 11.8. The summed E-state index contributed by atoms with van der Waals surface area (Å²) in [7, 11) is 0. The average Bonchev–Trinajstić information content (AvgIpc) is 2.33. The minimum absolute atomic E-state index is 0.0848. The molecule has 0 unspecified atom stereocenters. The van der Waals surface area contributed by atoms with Crippen LogP contribution in [0.25, 0.3) is 0 Å². The molecule has 1 amide bonds. The topological polar surface area (TPSA) is 57.6 Å². The zero-order chi connectivity index (χ0) is 16.4. The number of halogens is 3. The Morgan fingerprint density at radius 3 is 2.19 bits per heavy atom. The summed E-state index contributed by atoms with van der Waals surface area (Å²) in [5.41, 5.74) is -1.02. The number of carboxylic acid groups (broad SMARTS) is 1. The third kappa shape index (κ3) is 3.96. The molecule has 0 aliphatic carbocycles. The molecule has 0 heterocycles. The van der Waals surface area contributed by atoms with E-state index in [2.05, 4.69) is 0 Å². The molecular formula is C14H16F3NO3. The predicted molar refractivity (Wildman–Crippen MR) is 70.9 cm³/mol. The smallest absolute Gasteiger partial charge is 0.416 e. The second-order valence-electron chi connectivity index (χ2n) is 4.96. The maximum atomic E-state index is 12.7. The van der Waals surface area contributed by atoms with Crippen molar-refractivity contribution in [2.45, 2.75) is 33.0 Å². The molecule has 0 bridgehead atoms. The molecule has 1 N–H and O–H groups in total. The number of nitrogens with zero attached hydrogens (tertiary/aromatic N) is 1. The minimum atomic E-state index is -4.56. The van der Waals surface area contributed by atoms with Gasteiger partial charge in [-0.1, -0.05) is 19.9 Å². The van der Waals surface area contributed by atoms with Gasteiger partial charge in [-0.05, 0) is 24.1 Å². The van der Waals surface area contributed by atoms with Crippen LogP contribution in [0.3, 0.4) is 0 Å². The lowest BCUT2D eigenvalue weighted by Gasteiger charge is -2.31. The molecule has 0 saturated heterocycles. The number of hydrogen-bond acceptors (Lipinski definition) is 2. The minimum Gasteiger partial charge on any atom is -0.480 e. The van der Waals surface area contributed by atoms with E-state index in [1.165, 1.54) is 6.07 Å². The Hall–Kier alpha value is -2.05. The molecule has 116 valence electrons. The van der Waals surface area contributed by atoms with Gasteiger partial charge >= 0.3 is 12.1 Å². The van der Waals surface area contributed by atoms with Gasteiger partial charge < -0.3 is 5.11 Å². The Morgan fingerprint density at radius 1 is 1.24 bits per heavy atom. The van der Waals surface area contributed by atoms with Crippen LogP contribution < -0.4 is 4.90 Å². The summed E-state index contributed by atoms with van der Waals surface area (Å²) in [6.07, 6.45) is -4.56. The van der Waals surface area contributed by atoms with Crippen LogP contribution in [0, 0.1) is 5.92 Å². The van der Waals surface area contributed by atoms with Gasteiger partial charge in [0.1, 0.15) is 6.04 Å². The van der Waals surface area contributed by atoms with E-state index in [4.69, 9.17) is 0 Å². The van der Waals surface area contributed by atoms with Crippen molar-refractivity contribution in [3.8, 4) is 0 Å². The third-order valence-electron chi connectivity index (χ3n) is 2.95. The average molecular weight is 303 g/mol. The van der Waals surface area contributed by atoms with Crippen LogP contribution in [0.4, 0.5) is 18.9 Å². The summed E-state index contributed by atoms with van der Waals surface area (Å²) >= 11 is 0. The Morgan fingerprint density at radius 2 is 1.81 bits per heavy atom. The second kappa shape index (κ2) is 6.15. The number of anilines is 1. The highest BCUT2D eigenvalue weighted by atomic mass is 19.4. The molecule has 7 heteroatoms. The van der Waals surface area contributed by atoms with Crippen LogP contribution in [0.2, 0.25) is 0 Å². The van der Waals surface area contributed by atoms with Gasteiger partial charge in [-0.15, -0.1) is 0 Å². The number of hydrogen-bond donors (Lipinski definition) is 1. The quantitative estimate of drug-likeness (QED) is 0.929. The van der Waals surface area contributed by atoms with Crippen molar-refractivity contribution in [3.63, 3.8) is 0 Å². The third-order valence-corrected chi connectivity index (χ3v) is 2.95. The first-order valence-electron chi connectivity index (χ1n) is 6.25. The van der Waals surface area contributed by atoms with Crippen molar-refractivity contribution in [3.05, 3.63) is 29.8 Å². The maximum Gasteiger partial charge on any atom is 0.416 e. The summed E-state index contributed by atoms with van der Waals surface area (Å²) in [4.78, 5) is 23.9. The van der Waals surface area contributed by atoms with E-state index in [1.54, 1.807) is 13.8 Å². The van der Waals surface area contributed by atoms with E-state index >= 15 is 0 Å². The summed E-state index contributed by atoms with van der Waals surface area (Å²) in [5.74, 6) is -2.35. The van der Waals surface area contributed by atoms with E-state index < -0.39 is 35.6 Å². The van der Waals surface area contributed by atoms with Crippen molar-refractivity contribution < 1.29 is 27.9 Å². The molecule has 21 heavy (non-hydrogen) atoms. The van der Waals surface area contributed by atoms with Gasteiger partial charge in [-0.2, -0.15) is 13.2 Å². The van der Waals surface area contributed by atoms with Crippen LogP contribution in [-0.2, 0) is 15.8 Å². The highest BCUT2D eigenvalue weighted by molar-refractivity contribution is 5.98. The van der Waals surface area contributed by atoms with E-state index in [9.17, 15) is 27.9 Å². The number of alkyl halides is 3. The molecule has 0 saturated carbocycles. The first kappa shape index (κ1) is 17.0. The number of aliphatic carboxylic acids is 1. The van der Waals surface area contributed by atoms with Crippen LogP contribution in [0.15, 0.2) is 24.3 Å². The van der Waals surface area contributed by atoms with Gasteiger partial charge in [0.15, 0.2) is 0 Å². The van der Waals surface area contributed by atoms with Gasteiger partial charge in [-0.25, -0.2) is 4.79 Å². The summed E-state index contributed by atoms with van der Waals surface area (Å²) in [6, 6.07) is 2.85. The molecule has 1 rings (SSSR count). The van der Waals surface area contributed by atoms with E-state index in [0.29, 0.717) is 0 Å². The van der Waals surface area contributed by atoms with Gasteiger partial charge in [0, 0.05) is 12.6 Å². The summed E-state index contributed by atoms with van der Waals surface area (Å²) in [6.45, 7) is 4.29. The predicted octanol–water partition coefficient (Wildman–Crippen LogP) is 3.17. The molecule has 0 fully saturated rings. The Bertz CT molecular complexity index is 541. The lowest BCUT2D eigenvalue weighted by Crippen LogP contribution is -2.47. The molecular weight excluding hydrogens is 287 g/mol. The summed E-state index contributed by atoms with van der Waals surface area (Å²) in [5, 5.41) is 9.24. The number of carbonyl (C=O) groups excluding carboxylic acids is 1. The summed E-state index contributed by atoms with van der Waals surface area (Å²) < 4.78 is 38.2. The Kier molecular flexibility index (Phi) is 4.98. The first-order chi connectivity index (χ1) is 9.55. The standard InChI is InChI=1S/C14H16F3NO3/c1-8(2)12(13(20)21)18(9(3)19)11-6-4-5-10(7-11)14(15,16)17/h4-8,12H,1-3H3,(H,20,21)/t12-/m0/s1. The van der Waals surface area contributed by atoms with Gasteiger partial charge in [0.05, 0.1) is 5.56 Å². The van der Waals surface area contributed by atoms with Gasteiger partial charge in [-0.3, -0.25) is 9.69 Å². The van der Waals surface area contributed by atoms with E-state index in [1.807, 2.05) is 0 Å². The van der Waals surface area contributed by atoms with Crippen LogP contribution >= 0.6 is 0 Å². The lowest BCUT2D eigenvalue weighted by atomic mass is 10.0. The largest absolute Gasteiger partial charge is 0.480 e. The number of carboxylic acids is 1. The Balaban J connectivity index is 3.36. The fourth-order valence-corrected chi connectivity index (χ4v) is 2.06. The monoisotopic (exact) mass is 303 g/mol. The number of carbonyl (C=O) groups is 2. The maximum absolute atomic E-state index is 12.7. The van der Waals surface area contributed by atoms with Crippen molar-refractivity contribution >= 4 is 17.6 Å².